The Morgan fingerprint density at radius 3 is 1.30 bits per heavy atom. The first-order chi connectivity index (χ1) is 13.2. The van der Waals surface area contributed by atoms with Gasteiger partial charge in [-0.2, -0.15) is 0 Å². The second-order valence-corrected chi connectivity index (χ2v) is 10.3. The molecule has 5 fully saturated rings. The summed E-state index contributed by atoms with van der Waals surface area (Å²) < 4.78 is 22.6. The van der Waals surface area contributed by atoms with E-state index in [1.54, 1.807) is 0 Å². The zero-order valence-electron chi connectivity index (χ0n) is 17.2. The molecule has 2 aliphatic heterocycles. The number of hydrogen-bond acceptors (Lipinski definition) is 4. The summed E-state index contributed by atoms with van der Waals surface area (Å²) in [5, 5.41) is 0. The van der Waals surface area contributed by atoms with Gasteiger partial charge in [0.15, 0.2) is 12.6 Å². The second-order valence-electron chi connectivity index (χ2n) is 10.3. The van der Waals surface area contributed by atoms with Gasteiger partial charge in [-0.15, -0.1) is 0 Å². The smallest absolute Gasteiger partial charge is 0.181 e. The summed E-state index contributed by atoms with van der Waals surface area (Å²) in [7, 11) is 0. The predicted octanol–water partition coefficient (Wildman–Crippen LogP) is 4.76. The van der Waals surface area contributed by atoms with Gasteiger partial charge in [-0.1, -0.05) is 13.8 Å². The Balaban J connectivity index is 1.08. The zero-order chi connectivity index (χ0) is 18.4. The maximum atomic E-state index is 6.05. The molecule has 154 valence electrons. The van der Waals surface area contributed by atoms with Crippen LogP contribution in [0.15, 0.2) is 0 Å². The van der Waals surface area contributed by atoms with Gasteiger partial charge in [-0.25, -0.2) is 0 Å². The number of epoxide rings is 2. The summed E-state index contributed by atoms with van der Waals surface area (Å²) in [6.07, 6.45) is 13.5. The number of ether oxygens (including phenoxy) is 4. The molecule has 10 atom stereocenters. The van der Waals surface area contributed by atoms with E-state index in [-0.39, 0.29) is 12.6 Å². The molecule has 3 saturated carbocycles. The normalized spacial score (nSPS) is 52.7. The van der Waals surface area contributed by atoms with E-state index in [0.717, 1.165) is 36.9 Å². The zero-order valence-corrected chi connectivity index (χ0v) is 17.2. The number of hydrogen-bond donors (Lipinski definition) is 0. The molecule has 0 spiro atoms. The van der Waals surface area contributed by atoms with Gasteiger partial charge in [0, 0.05) is 0 Å². The van der Waals surface area contributed by atoms with E-state index in [4.69, 9.17) is 18.9 Å². The molecule has 0 aromatic heterocycles. The van der Waals surface area contributed by atoms with Gasteiger partial charge < -0.3 is 18.9 Å². The van der Waals surface area contributed by atoms with Gasteiger partial charge in [-0.05, 0) is 93.3 Å². The molecule has 4 nitrogen and oxygen atoms in total. The van der Waals surface area contributed by atoms with Gasteiger partial charge in [0.25, 0.3) is 0 Å². The van der Waals surface area contributed by atoms with Gasteiger partial charge in [0.2, 0.25) is 0 Å². The minimum atomic E-state index is 0.123. The Labute approximate surface area is 164 Å². The SMILES string of the molecule is CC1CC(C2CCC(C3CCC(OC4CO4)C(C)C3)C2)CCC1OC1CO1. The lowest BCUT2D eigenvalue weighted by Gasteiger charge is -2.38. The molecule has 5 rings (SSSR count). The molecular weight excluding hydrogens is 340 g/mol. The van der Waals surface area contributed by atoms with E-state index in [1.165, 1.54) is 57.8 Å². The van der Waals surface area contributed by atoms with Crippen molar-refractivity contribution < 1.29 is 18.9 Å². The fraction of sp³-hybridized carbons (Fsp3) is 1.00. The Bertz CT molecular complexity index is 459. The summed E-state index contributed by atoms with van der Waals surface area (Å²) in [6.45, 7) is 6.43. The van der Waals surface area contributed by atoms with Crippen LogP contribution in [-0.4, -0.2) is 38.0 Å². The Hall–Kier alpha value is -0.160. The highest BCUT2D eigenvalue weighted by Crippen LogP contribution is 2.49. The molecule has 0 radical (unpaired) electrons. The highest BCUT2D eigenvalue weighted by molar-refractivity contribution is 4.91. The van der Waals surface area contributed by atoms with Gasteiger partial charge in [-0.3, -0.25) is 0 Å². The van der Waals surface area contributed by atoms with E-state index in [2.05, 4.69) is 13.8 Å². The Morgan fingerprint density at radius 2 is 0.926 bits per heavy atom. The lowest BCUT2D eigenvalue weighted by Crippen LogP contribution is -2.34. The first-order valence-corrected chi connectivity index (χ1v) is 11.7. The highest BCUT2D eigenvalue weighted by Gasteiger charge is 2.42. The van der Waals surface area contributed by atoms with Crippen molar-refractivity contribution in [2.45, 2.75) is 96.4 Å². The van der Waals surface area contributed by atoms with Crippen molar-refractivity contribution in [2.24, 2.45) is 35.5 Å². The lowest BCUT2D eigenvalue weighted by molar-refractivity contribution is -0.0678. The van der Waals surface area contributed by atoms with Crippen LogP contribution in [0.3, 0.4) is 0 Å². The standard InChI is InChI=1S/C23H38O4/c1-14-9-16(5-7-20(14)26-22-12-24-22)18-3-4-19(11-18)17-6-8-21(15(2)10-17)27-23-13-25-23/h14-23H,3-13H2,1-2H3. The van der Waals surface area contributed by atoms with E-state index >= 15 is 0 Å². The molecule has 3 aliphatic carbocycles. The van der Waals surface area contributed by atoms with E-state index in [9.17, 15) is 0 Å². The topological polar surface area (TPSA) is 43.5 Å². The lowest BCUT2D eigenvalue weighted by atomic mass is 9.71. The monoisotopic (exact) mass is 378 g/mol. The van der Waals surface area contributed by atoms with Crippen LogP contribution >= 0.6 is 0 Å². The third-order valence-corrected chi connectivity index (χ3v) is 8.37. The van der Waals surface area contributed by atoms with Crippen molar-refractivity contribution >= 4 is 0 Å². The van der Waals surface area contributed by atoms with Crippen LogP contribution in [-0.2, 0) is 18.9 Å². The minimum absolute atomic E-state index is 0.123. The third kappa shape index (κ3) is 4.55. The molecular formula is C23H38O4. The maximum absolute atomic E-state index is 6.05. The fourth-order valence-electron chi connectivity index (χ4n) is 6.62. The first-order valence-electron chi connectivity index (χ1n) is 11.7. The molecule has 0 aromatic carbocycles. The second kappa shape index (κ2) is 7.93. The van der Waals surface area contributed by atoms with E-state index in [1.807, 2.05) is 0 Å². The van der Waals surface area contributed by atoms with Crippen LogP contribution in [0.2, 0.25) is 0 Å². The summed E-state index contributed by atoms with van der Waals surface area (Å²) in [5.74, 6) is 5.22. The largest absolute Gasteiger partial charge is 0.347 e. The van der Waals surface area contributed by atoms with Crippen molar-refractivity contribution in [1.82, 2.24) is 0 Å². The van der Waals surface area contributed by atoms with E-state index in [0.29, 0.717) is 24.0 Å². The maximum Gasteiger partial charge on any atom is 0.181 e. The molecule has 2 heterocycles. The van der Waals surface area contributed by atoms with Gasteiger partial charge in [0.1, 0.15) is 13.2 Å². The first kappa shape index (κ1) is 18.8. The molecule has 10 unspecified atom stereocenters. The Morgan fingerprint density at radius 1 is 0.556 bits per heavy atom. The molecule has 0 bridgehead atoms. The molecule has 5 aliphatic rings. The van der Waals surface area contributed by atoms with Crippen LogP contribution < -0.4 is 0 Å². The molecule has 2 saturated heterocycles. The van der Waals surface area contributed by atoms with Crippen molar-refractivity contribution in [3.05, 3.63) is 0 Å². The number of rotatable bonds is 6. The van der Waals surface area contributed by atoms with Gasteiger partial charge >= 0.3 is 0 Å². The molecule has 0 amide bonds. The highest BCUT2D eigenvalue weighted by atomic mass is 16.8. The summed E-state index contributed by atoms with van der Waals surface area (Å²) >= 11 is 0. The Kier molecular flexibility index (Phi) is 5.53. The molecule has 27 heavy (non-hydrogen) atoms. The summed E-state index contributed by atoms with van der Waals surface area (Å²) in [6, 6.07) is 0. The van der Waals surface area contributed by atoms with E-state index < -0.39 is 0 Å². The average molecular weight is 379 g/mol. The third-order valence-electron chi connectivity index (χ3n) is 8.37. The van der Waals surface area contributed by atoms with Crippen molar-refractivity contribution in [1.29, 1.82) is 0 Å². The quantitative estimate of drug-likeness (QED) is 0.625. The van der Waals surface area contributed by atoms with Crippen LogP contribution in [0.5, 0.6) is 0 Å². The summed E-state index contributed by atoms with van der Waals surface area (Å²) in [4.78, 5) is 0. The van der Waals surface area contributed by atoms with Crippen molar-refractivity contribution in [2.75, 3.05) is 13.2 Å². The molecule has 4 heteroatoms. The van der Waals surface area contributed by atoms with Crippen LogP contribution in [0.1, 0.15) is 71.6 Å². The molecule has 0 aromatic rings. The van der Waals surface area contributed by atoms with Crippen LogP contribution in [0.25, 0.3) is 0 Å². The van der Waals surface area contributed by atoms with Crippen LogP contribution in [0.4, 0.5) is 0 Å². The van der Waals surface area contributed by atoms with Crippen molar-refractivity contribution in [3.8, 4) is 0 Å². The fourth-order valence-corrected chi connectivity index (χ4v) is 6.62. The summed E-state index contributed by atoms with van der Waals surface area (Å²) in [5.41, 5.74) is 0. The molecule has 0 N–H and O–H groups in total. The van der Waals surface area contributed by atoms with Crippen molar-refractivity contribution in [3.63, 3.8) is 0 Å². The predicted molar refractivity (Wildman–Crippen MR) is 103 cm³/mol. The van der Waals surface area contributed by atoms with Gasteiger partial charge in [0.05, 0.1) is 12.2 Å². The van der Waals surface area contributed by atoms with Crippen LogP contribution in [0, 0.1) is 35.5 Å². The minimum Gasteiger partial charge on any atom is -0.347 e. The average Bonchev–Trinajstić information content (AvgIpc) is 3.59.